The number of halogens is 5. The Balaban J connectivity index is 1.82. The van der Waals surface area contributed by atoms with Crippen molar-refractivity contribution in [2.24, 2.45) is 0 Å². The lowest BCUT2D eigenvalue weighted by atomic mass is 10.0. The first-order valence-electron chi connectivity index (χ1n) is 8.43. The van der Waals surface area contributed by atoms with Crippen LogP contribution in [0.5, 0.6) is 0 Å². The number of hydrogen-bond donors (Lipinski definition) is 2. The number of fused-ring (bicyclic) bond motifs is 1. The van der Waals surface area contributed by atoms with Gasteiger partial charge in [0.15, 0.2) is 23.3 Å². The number of carbonyl (C=O) groups is 1. The van der Waals surface area contributed by atoms with Crippen molar-refractivity contribution in [1.82, 2.24) is 9.61 Å². The summed E-state index contributed by atoms with van der Waals surface area (Å²) in [6.07, 6.45) is 0. The fraction of sp³-hybridized carbons (Fsp3) is 0. The Bertz CT molecular complexity index is 1340. The Kier molecular flexibility index (Phi) is 4.83. The number of aromatic amines is 1. The molecular formula is C20H10ClF4N3O2. The maximum Gasteiger partial charge on any atom is 0.277 e. The number of pyridine rings is 1. The Labute approximate surface area is 170 Å². The van der Waals surface area contributed by atoms with Gasteiger partial charge in [0, 0.05) is 0 Å². The van der Waals surface area contributed by atoms with Crippen molar-refractivity contribution in [3.63, 3.8) is 0 Å². The van der Waals surface area contributed by atoms with E-state index in [0.29, 0.717) is 0 Å². The van der Waals surface area contributed by atoms with Crippen molar-refractivity contribution in [1.29, 1.82) is 0 Å². The minimum absolute atomic E-state index is 0.00710. The fourth-order valence-corrected chi connectivity index (χ4v) is 3.27. The lowest BCUT2D eigenvalue weighted by Crippen LogP contribution is -2.22. The first-order valence-corrected chi connectivity index (χ1v) is 8.81. The SMILES string of the molecule is O=C(Nc1c(F)c(F)c(-c2ccccc2)c(F)c1F)c1c(=O)[nH]n2c(Cl)cccc12. The minimum Gasteiger partial charge on any atom is -0.317 e. The first-order chi connectivity index (χ1) is 14.3. The lowest BCUT2D eigenvalue weighted by molar-refractivity contribution is 0.102. The second-order valence-corrected chi connectivity index (χ2v) is 6.60. The highest BCUT2D eigenvalue weighted by Gasteiger charge is 2.29. The van der Waals surface area contributed by atoms with E-state index in [1.54, 1.807) is 11.4 Å². The zero-order chi connectivity index (χ0) is 21.6. The molecule has 0 aliphatic heterocycles. The smallest absolute Gasteiger partial charge is 0.277 e. The Hall–Kier alpha value is -3.59. The number of aromatic nitrogens is 2. The number of amides is 1. The van der Waals surface area contributed by atoms with Crippen LogP contribution in [0.2, 0.25) is 5.15 Å². The largest absolute Gasteiger partial charge is 0.317 e. The molecule has 2 heterocycles. The fourth-order valence-electron chi connectivity index (χ4n) is 3.06. The van der Waals surface area contributed by atoms with Gasteiger partial charge in [-0.25, -0.2) is 22.1 Å². The Morgan fingerprint density at radius 1 is 0.900 bits per heavy atom. The third-order valence-electron chi connectivity index (χ3n) is 4.43. The summed E-state index contributed by atoms with van der Waals surface area (Å²) in [6.45, 7) is 0. The van der Waals surface area contributed by atoms with Crippen molar-refractivity contribution < 1.29 is 22.4 Å². The van der Waals surface area contributed by atoms with E-state index in [0.717, 1.165) is 4.52 Å². The molecule has 0 atom stereocenters. The molecule has 152 valence electrons. The second kappa shape index (κ2) is 7.34. The molecule has 0 radical (unpaired) electrons. The van der Waals surface area contributed by atoms with E-state index in [4.69, 9.17) is 11.6 Å². The maximum absolute atomic E-state index is 14.6. The van der Waals surface area contributed by atoms with Gasteiger partial charge in [-0.2, -0.15) is 0 Å². The number of anilines is 1. The zero-order valence-corrected chi connectivity index (χ0v) is 15.5. The quantitative estimate of drug-likeness (QED) is 0.277. The molecule has 4 rings (SSSR count). The molecule has 2 aromatic carbocycles. The Morgan fingerprint density at radius 3 is 2.17 bits per heavy atom. The van der Waals surface area contributed by atoms with Crippen LogP contribution in [-0.2, 0) is 0 Å². The number of carbonyl (C=O) groups excluding carboxylic acids is 1. The lowest BCUT2D eigenvalue weighted by Gasteiger charge is -2.13. The molecule has 0 saturated carbocycles. The van der Waals surface area contributed by atoms with Crippen LogP contribution in [0, 0.1) is 23.3 Å². The van der Waals surface area contributed by atoms with Gasteiger partial charge >= 0.3 is 0 Å². The molecule has 1 amide bonds. The summed E-state index contributed by atoms with van der Waals surface area (Å²) >= 11 is 5.92. The molecule has 0 bridgehead atoms. The van der Waals surface area contributed by atoms with E-state index in [2.05, 4.69) is 5.10 Å². The summed E-state index contributed by atoms with van der Waals surface area (Å²) in [5.74, 6) is -8.26. The number of H-pyrrole nitrogens is 1. The van der Waals surface area contributed by atoms with Crippen LogP contribution < -0.4 is 10.9 Å². The van der Waals surface area contributed by atoms with E-state index in [1.807, 2.05) is 0 Å². The van der Waals surface area contributed by atoms with Crippen molar-refractivity contribution in [3.05, 3.63) is 92.9 Å². The molecule has 10 heteroatoms. The molecule has 30 heavy (non-hydrogen) atoms. The highest BCUT2D eigenvalue weighted by molar-refractivity contribution is 6.29. The van der Waals surface area contributed by atoms with Gasteiger partial charge in [-0.3, -0.25) is 14.7 Å². The molecule has 2 N–H and O–H groups in total. The van der Waals surface area contributed by atoms with E-state index < -0.39 is 51.5 Å². The number of rotatable bonds is 3. The zero-order valence-electron chi connectivity index (χ0n) is 14.8. The third kappa shape index (κ3) is 3.03. The number of nitrogens with one attached hydrogen (secondary N) is 2. The average molecular weight is 436 g/mol. The molecule has 0 fully saturated rings. The molecule has 4 aromatic rings. The first kappa shape index (κ1) is 19.7. The van der Waals surface area contributed by atoms with Crippen molar-refractivity contribution in [3.8, 4) is 11.1 Å². The van der Waals surface area contributed by atoms with E-state index >= 15 is 0 Å². The van der Waals surface area contributed by atoms with Crippen LogP contribution >= 0.6 is 11.6 Å². The van der Waals surface area contributed by atoms with Gasteiger partial charge in [0.2, 0.25) is 0 Å². The molecule has 5 nitrogen and oxygen atoms in total. The predicted octanol–water partition coefficient (Wildman–Crippen LogP) is 4.76. The summed E-state index contributed by atoms with van der Waals surface area (Å²) < 4.78 is 59.3. The number of nitrogens with zero attached hydrogens (tertiary/aromatic N) is 1. The molecule has 0 unspecified atom stereocenters. The summed E-state index contributed by atoms with van der Waals surface area (Å²) in [4.78, 5) is 24.7. The van der Waals surface area contributed by atoms with Gasteiger partial charge in [-0.15, -0.1) is 0 Å². The molecule has 0 aliphatic carbocycles. The van der Waals surface area contributed by atoms with Gasteiger partial charge in [-0.05, 0) is 17.7 Å². The summed E-state index contributed by atoms with van der Waals surface area (Å²) in [5.41, 5.74) is -3.80. The van der Waals surface area contributed by atoms with E-state index in [9.17, 15) is 27.2 Å². The van der Waals surface area contributed by atoms with Crippen LogP contribution in [0.3, 0.4) is 0 Å². The molecule has 2 aromatic heterocycles. The number of hydrogen-bond acceptors (Lipinski definition) is 2. The van der Waals surface area contributed by atoms with Crippen molar-refractivity contribution >= 4 is 28.7 Å². The minimum atomic E-state index is -1.81. The predicted molar refractivity (Wildman–Crippen MR) is 103 cm³/mol. The van der Waals surface area contributed by atoms with Gasteiger partial charge in [0.1, 0.15) is 16.4 Å². The standard InChI is InChI=1S/C20H10ClF4N3O2/c21-11-8-4-7-10-13(20(30)27-28(10)11)19(29)26-18-16(24)14(22)12(15(23)17(18)25)9-5-2-1-3-6-9/h1-8H,(H,26,29)(H,27,30). The van der Waals surface area contributed by atoms with Gasteiger partial charge < -0.3 is 5.32 Å². The normalized spacial score (nSPS) is 11.1. The van der Waals surface area contributed by atoms with Crippen LogP contribution in [0.15, 0.2) is 53.3 Å². The topological polar surface area (TPSA) is 66.4 Å². The van der Waals surface area contributed by atoms with Gasteiger partial charge in [-0.1, -0.05) is 48.0 Å². The van der Waals surface area contributed by atoms with Gasteiger partial charge in [0.05, 0.1) is 11.1 Å². The van der Waals surface area contributed by atoms with Crippen LogP contribution in [0.4, 0.5) is 23.2 Å². The summed E-state index contributed by atoms with van der Waals surface area (Å²) in [7, 11) is 0. The highest BCUT2D eigenvalue weighted by atomic mass is 35.5. The van der Waals surface area contributed by atoms with Crippen molar-refractivity contribution in [2.45, 2.75) is 0 Å². The molecule has 0 spiro atoms. The maximum atomic E-state index is 14.6. The van der Waals surface area contributed by atoms with E-state index in [-0.39, 0.29) is 16.2 Å². The van der Waals surface area contributed by atoms with Gasteiger partial charge in [0.25, 0.3) is 11.5 Å². The van der Waals surface area contributed by atoms with E-state index in [1.165, 1.54) is 42.5 Å². The van der Waals surface area contributed by atoms with Crippen LogP contribution in [-0.4, -0.2) is 15.5 Å². The average Bonchev–Trinajstić information content (AvgIpc) is 3.08. The molecule has 0 aliphatic rings. The number of benzene rings is 2. The van der Waals surface area contributed by atoms with Crippen molar-refractivity contribution in [2.75, 3.05) is 5.32 Å². The Morgan fingerprint density at radius 2 is 1.53 bits per heavy atom. The monoisotopic (exact) mass is 435 g/mol. The second-order valence-electron chi connectivity index (χ2n) is 6.21. The summed E-state index contributed by atoms with van der Waals surface area (Å²) in [6, 6.07) is 11.2. The molecular weight excluding hydrogens is 426 g/mol. The molecule has 0 saturated heterocycles. The summed E-state index contributed by atoms with van der Waals surface area (Å²) in [5, 5.41) is 4.09. The van der Waals surface area contributed by atoms with Crippen LogP contribution in [0.25, 0.3) is 16.6 Å². The van der Waals surface area contributed by atoms with Crippen LogP contribution in [0.1, 0.15) is 10.4 Å². The third-order valence-corrected chi connectivity index (χ3v) is 4.73. The highest BCUT2D eigenvalue weighted by Crippen LogP contribution is 2.34.